The maximum atomic E-state index is 12.4. The van der Waals surface area contributed by atoms with Crippen molar-refractivity contribution in [3.63, 3.8) is 0 Å². The van der Waals surface area contributed by atoms with Crippen LogP contribution >= 0.6 is 0 Å². The summed E-state index contributed by atoms with van der Waals surface area (Å²) in [5.74, 6) is -2.01. The highest BCUT2D eigenvalue weighted by atomic mass is 16.6. The lowest BCUT2D eigenvalue weighted by Crippen LogP contribution is -2.26. The summed E-state index contributed by atoms with van der Waals surface area (Å²) in [5, 5.41) is 0. The van der Waals surface area contributed by atoms with E-state index in [0.29, 0.717) is 18.8 Å². The van der Waals surface area contributed by atoms with Gasteiger partial charge < -0.3 is 9.47 Å². The molecule has 4 nitrogen and oxygen atoms in total. The van der Waals surface area contributed by atoms with E-state index in [-0.39, 0.29) is 0 Å². The molecule has 1 aromatic rings. The minimum atomic E-state index is -0.987. The average Bonchev–Trinajstić information content (AvgIpc) is 2.62. The smallest absolute Gasteiger partial charge is 0.324 e. The van der Waals surface area contributed by atoms with Gasteiger partial charge in [0, 0.05) is 0 Å². The predicted molar refractivity (Wildman–Crippen MR) is 99.4 cm³/mol. The number of benzene rings is 1. The molecule has 0 amide bonds. The number of carbonyl (C=O) groups is 2. The van der Waals surface area contributed by atoms with Gasteiger partial charge in [0.05, 0.1) is 13.2 Å². The lowest BCUT2D eigenvalue weighted by molar-refractivity contribution is -0.157. The zero-order valence-electron chi connectivity index (χ0n) is 15.7. The number of ether oxygens (including phenoxy) is 2. The van der Waals surface area contributed by atoms with Crippen LogP contribution in [-0.2, 0) is 19.1 Å². The van der Waals surface area contributed by atoms with Crippen LogP contribution in [0.4, 0.5) is 0 Å². The van der Waals surface area contributed by atoms with Crippen LogP contribution in [0.5, 0.6) is 0 Å². The Hall–Kier alpha value is -1.84. The third-order valence-electron chi connectivity index (χ3n) is 4.09. The fourth-order valence-electron chi connectivity index (χ4n) is 2.58. The predicted octanol–water partition coefficient (Wildman–Crippen LogP) is 5.02. The fourth-order valence-corrected chi connectivity index (χ4v) is 2.58. The Morgan fingerprint density at radius 1 is 0.760 bits per heavy atom. The molecular weight excluding hydrogens is 316 g/mol. The van der Waals surface area contributed by atoms with Crippen LogP contribution in [0.1, 0.15) is 76.7 Å². The van der Waals surface area contributed by atoms with Crippen LogP contribution in [0, 0.1) is 0 Å². The number of unbranched alkanes of at least 4 members (excludes halogenated alkanes) is 6. The van der Waals surface area contributed by atoms with Crippen molar-refractivity contribution in [3.05, 3.63) is 35.9 Å². The van der Waals surface area contributed by atoms with Crippen molar-refractivity contribution < 1.29 is 19.1 Å². The van der Waals surface area contributed by atoms with Gasteiger partial charge in [0.1, 0.15) is 0 Å². The van der Waals surface area contributed by atoms with Crippen molar-refractivity contribution in [2.75, 3.05) is 13.2 Å². The van der Waals surface area contributed by atoms with Crippen LogP contribution in [-0.4, -0.2) is 25.2 Å². The summed E-state index contributed by atoms with van der Waals surface area (Å²) in [7, 11) is 0. The van der Waals surface area contributed by atoms with E-state index in [1.54, 1.807) is 12.1 Å². The Bertz CT molecular complexity index is 458. The molecule has 0 aromatic heterocycles. The summed E-state index contributed by atoms with van der Waals surface area (Å²) >= 11 is 0. The van der Waals surface area contributed by atoms with Gasteiger partial charge in [-0.2, -0.15) is 0 Å². The number of carbonyl (C=O) groups excluding carboxylic acids is 2. The molecule has 0 saturated heterocycles. The molecule has 0 unspecified atom stereocenters. The monoisotopic (exact) mass is 348 g/mol. The molecule has 140 valence electrons. The van der Waals surface area contributed by atoms with Gasteiger partial charge in [-0.3, -0.25) is 9.59 Å². The van der Waals surface area contributed by atoms with Gasteiger partial charge >= 0.3 is 11.9 Å². The molecule has 0 aliphatic carbocycles. The second-order valence-electron chi connectivity index (χ2n) is 6.30. The van der Waals surface area contributed by atoms with Crippen molar-refractivity contribution in [1.82, 2.24) is 0 Å². The van der Waals surface area contributed by atoms with E-state index >= 15 is 0 Å². The van der Waals surface area contributed by atoms with Crippen LogP contribution in [0.25, 0.3) is 0 Å². The van der Waals surface area contributed by atoms with Crippen LogP contribution < -0.4 is 0 Å². The largest absolute Gasteiger partial charge is 0.465 e. The minimum absolute atomic E-state index is 0.353. The highest BCUT2D eigenvalue weighted by molar-refractivity contribution is 6.00. The van der Waals surface area contributed by atoms with E-state index in [1.807, 2.05) is 18.2 Å². The SMILES string of the molecule is CCCCCCOC(=O)C(C(=O)OCCCCCC)c1ccccc1. The Labute approximate surface area is 151 Å². The molecule has 0 radical (unpaired) electrons. The average molecular weight is 348 g/mol. The molecule has 0 saturated carbocycles. The fraction of sp³-hybridized carbons (Fsp3) is 0.619. The minimum Gasteiger partial charge on any atom is -0.465 e. The van der Waals surface area contributed by atoms with E-state index in [4.69, 9.17) is 9.47 Å². The number of esters is 2. The molecule has 4 heteroatoms. The van der Waals surface area contributed by atoms with E-state index in [0.717, 1.165) is 51.4 Å². The molecule has 0 aliphatic heterocycles. The molecule has 0 aliphatic rings. The molecule has 25 heavy (non-hydrogen) atoms. The number of hydrogen-bond donors (Lipinski definition) is 0. The Morgan fingerprint density at radius 3 is 1.68 bits per heavy atom. The van der Waals surface area contributed by atoms with E-state index < -0.39 is 17.9 Å². The summed E-state index contributed by atoms with van der Waals surface area (Å²) in [5.41, 5.74) is 0.625. The van der Waals surface area contributed by atoms with Crippen LogP contribution in [0.15, 0.2) is 30.3 Å². The van der Waals surface area contributed by atoms with Gasteiger partial charge in [-0.25, -0.2) is 0 Å². The topological polar surface area (TPSA) is 52.6 Å². The van der Waals surface area contributed by atoms with E-state index in [9.17, 15) is 9.59 Å². The summed E-state index contributed by atoms with van der Waals surface area (Å²) in [6.45, 7) is 4.97. The first-order chi connectivity index (χ1) is 12.2. The van der Waals surface area contributed by atoms with Crippen LogP contribution in [0.2, 0.25) is 0 Å². The second-order valence-corrected chi connectivity index (χ2v) is 6.30. The lowest BCUT2D eigenvalue weighted by atomic mass is 9.99. The first-order valence-corrected chi connectivity index (χ1v) is 9.58. The summed E-state index contributed by atoms with van der Waals surface area (Å²) in [6, 6.07) is 9.01. The molecule has 1 aromatic carbocycles. The normalized spacial score (nSPS) is 10.7. The molecule has 0 fully saturated rings. The molecule has 0 atom stereocenters. The van der Waals surface area contributed by atoms with E-state index in [2.05, 4.69) is 13.8 Å². The van der Waals surface area contributed by atoms with Gasteiger partial charge in [-0.15, -0.1) is 0 Å². The third kappa shape index (κ3) is 8.71. The first kappa shape index (κ1) is 21.2. The van der Waals surface area contributed by atoms with Crippen molar-refractivity contribution in [1.29, 1.82) is 0 Å². The Kier molecular flexibility index (Phi) is 11.4. The standard InChI is InChI=1S/C21H32O4/c1-3-5-7-12-16-24-20(22)19(18-14-10-9-11-15-18)21(23)25-17-13-8-6-4-2/h9-11,14-15,19H,3-8,12-13,16-17H2,1-2H3. The quantitative estimate of drug-likeness (QED) is 0.285. The van der Waals surface area contributed by atoms with Crippen molar-refractivity contribution >= 4 is 11.9 Å². The Balaban J connectivity index is 2.57. The zero-order chi connectivity index (χ0) is 18.3. The first-order valence-electron chi connectivity index (χ1n) is 9.58. The van der Waals surface area contributed by atoms with Gasteiger partial charge in [0.15, 0.2) is 5.92 Å². The highest BCUT2D eigenvalue weighted by Crippen LogP contribution is 2.20. The zero-order valence-corrected chi connectivity index (χ0v) is 15.7. The number of rotatable bonds is 13. The van der Waals surface area contributed by atoms with Crippen molar-refractivity contribution in [3.8, 4) is 0 Å². The maximum Gasteiger partial charge on any atom is 0.324 e. The Morgan fingerprint density at radius 2 is 1.24 bits per heavy atom. The molecule has 0 bridgehead atoms. The molecule has 0 heterocycles. The van der Waals surface area contributed by atoms with Gasteiger partial charge in [0.25, 0.3) is 0 Å². The molecule has 0 N–H and O–H groups in total. The molecule has 1 rings (SSSR count). The van der Waals surface area contributed by atoms with Crippen molar-refractivity contribution in [2.45, 2.75) is 71.1 Å². The summed E-state index contributed by atoms with van der Waals surface area (Å²) in [4.78, 5) is 24.9. The van der Waals surface area contributed by atoms with Crippen LogP contribution in [0.3, 0.4) is 0 Å². The van der Waals surface area contributed by atoms with Gasteiger partial charge in [0.2, 0.25) is 0 Å². The van der Waals surface area contributed by atoms with Crippen molar-refractivity contribution in [2.24, 2.45) is 0 Å². The molecule has 0 spiro atoms. The number of hydrogen-bond acceptors (Lipinski definition) is 4. The summed E-state index contributed by atoms with van der Waals surface area (Å²) in [6.07, 6.45) is 8.22. The van der Waals surface area contributed by atoms with E-state index in [1.165, 1.54) is 0 Å². The molecular formula is C21H32O4. The van der Waals surface area contributed by atoms with Gasteiger partial charge in [-0.05, 0) is 18.4 Å². The summed E-state index contributed by atoms with van der Waals surface area (Å²) < 4.78 is 10.7. The maximum absolute atomic E-state index is 12.4. The highest BCUT2D eigenvalue weighted by Gasteiger charge is 2.31. The third-order valence-corrected chi connectivity index (χ3v) is 4.09. The lowest BCUT2D eigenvalue weighted by Gasteiger charge is -2.16. The van der Waals surface area contributed by atoms with Gasteiger partial charge in [-0.1, -0.05) is 82.7 Å². The second kappa shape index (κ2) is 13.5.